The van der Waals surface area contributed by atoms with Crippen LogP contribution in [0.4, 0.5) is 18.9 Å². The van der Waals surface area contributed by atoms with Gasteiger partial charge in [0.05, 0.1) is 11.7 Å². The zero-order valence-corrected chi connectivity index (χ0v) is 7.85. The van der Waals surface area contributed by atoms with E-state index in [9.17, 15) is 18.0 Å². The molecule has 15 heavy (non-hydrogen) atoms. The van der Waals surface area contributed by atoms with Crippen molar-refractivity contribution in [3.05, 3.63) is 29.6 Å². The fourth-order valence-corrected chi connectivity index (χ4v) is 0.865. The molecule has 1 aromatic rings. The first-order valence-corrected chi connectivity index (χ1v) is 4.13. The number of benzene rings is 1. The topological polar surface area (TPSA) is 55.1 Å². The first kappa shape index (κ1) is 11.5. The third-order valence-corrected chi connectivity index (χ3v) is 1.68. The molecule has 1 atom stereocenters. The second-order valence-electron chi connectivity index (χ2n) is 3.02. The maximum Gasteiger partial charge on any atom is 0.241 e. The minimum atomic E-state index is -1.31. The first-order chi connectivity index (χ1) is 6.91. The Bertz CT molecular complexity index is 393. The van der Waals surface area contributed by atoms with Crippen LogP contribution >= 0.6 is 0 Å². The molecule has 0 aliphatic carbocycles. The number of nitrogens with two attached hydrogens (primary N) is 1. The van der Waals surface area contributed by atoms with Crippen LogP contribution in [0.3, 0.4) is 0 Å². The van der Waals surface area contributed by atoms with Crippen LogP contribution in [0.5, 0.6) is 0 Å². The minimum absolute atomic E-state index is 0.353. The maximum atomic E-state index is 13.0. The summed E-state index contributed by atoms with van der Waals surface area (Å²) in [6.45, 7) is 1.38. The molecule has 3 N–H and O–H groups in total. The van der Waals surface area contributed by atoms with Gasteiger partial charge in [0.25, 0.3) is 0 Å². The van der Waals surface area contributed by atoms with Gasteiger partial charge in [0, 0.05) is 12.1 Å². The molecule has 0 saturated carbocycles. The predicted octanol–water partition coefficient (Wildman–Crippen LogP) is 1.39. The predicted molar refractivity (Wildman–Crippen MR) is 48.6 cm³/mol. The van der Waals surface area contributed by atoms with Crippen molar-refractivity contribution in [2.75, 3.05) is 5.32 Å². The average molecular weight is 218 g/mol. The molecule has 1 aromatic carbocycles. The normalized spacial score (nSPS) is 12.3. The standard InChI is InChI=1S/C9H9F3N2O/c1-4(13)9(15)14-8-3-6(11)5(10)2-7(8)12/h2-4H,13H2,1H3,(H,14,15)/t4-/m0/s1. The lowest BCUT2D eigenvalue weighted by atomic mass is 10.2. The van der Waals surface area contributed by atoms with E-state index in [2.05, 4.69) is 0 Å². The summed E-state index contributed by atoms with van der Waals surface area (Å²) < 4.78 is 38.2. The van der Waals surface area contributed by atoms with Gasteiger partial charge in [-0.2, -0.15) is 0 Å². The Balaban J connectivity index is 2.96. The van der Waals surface area contributed by atoms with Crippen LogP contribution in [0.15, 0.2) is 12.1 Å². The monoisotopic (exact) mass is 218 g/mol. The van der Waals surface area contributed by atoms with Crippen LogP contribution in [0.25, 0.3) is 0 Å². The largest absolute Gasteiger partial charge is 0.322 e. The Morgan fingerprint density at radius 1 is 1.27 bits per heavy atom. The van der Waals surface area contributed by atoms with Crippen molar-refractivity contribution in [2.45, 2.75) is 13.0 Å². The van der Waals surface area contributed by atoms with Gasteiger partial charge < -0.3 is 11.1 Å². The highest BCUT2D eigenvalue weighted by atomic mass is 19.2. The van der Waals surface area contributed by atoms with E-state index < -0.39 is 35.1 Å². The molecule has 0 aromatic heterocycles. The fraction of sp³-hybridized carbons (Fsp3) is 0.222. The third-order valence-electron chi connectivity index (χ3n) is 1.68. The Kier molecular flexibility index (Phi) is 3.31. The van der Waals surface area contributed by atoms with Crippen LogP contribution in [0.2, 0.25) is 0 Å². The lowest BCUT2D eigenvalue weighted by Crippen LogP contribution is -2.32. The number of carbonyl (C=O) groups excluding carboxylic acids is 1. The molecule has 82 valence electrons. The van der Waals surface area contributed by atoms with E-state index in [1.165, 1.54) is 6.92 Å². The summed E-state index contributed by atoms with van der Waals surface area (Å²) in [5.74, 6) is -4.29. The summed E-state index contributed by atoms with van der Waals surface area (Å²) >= 11 is 0. The number of rotatable bonds is 2. The molecule has 0 radical (unpaired) electrons. The average Bonchev–Trinajstić information content (AvgIpc) is 2.13. The molecule has 0 aliphatic rings. The molecule has 1 amide bonds. The van der Waals surface area contributed by atoms with E-state index in [1.54, 1.807) is 0 Å². The van der Waals surface area contributed by atoms with Crippen molar-refractivity contribution in [3.63, 3.8) is 0 Å². The van der Waals surface area contributed by atoms with Crippen LogP contribution < -0.4 is 11.1 Å². The van der Waals surface area contributed by atoms with Gasteiger partial charge >= 0.3 is 0 Å². The Morgan fingerprint density at radius 3 is 2.33 bits per heavy atom. The number of nitrogens with one attached hydrogen (secondary N) is 1. The number of halogens is 3. The quantitative estimate of drug-likeness (QED) is 0.737. The molecule has 0 spiro atoms. The van der Waals surface area contributed by atoms with Gasteiger partial charge in [0.2, 0.25) is 5.91 Å². The Hall–Kier alpha value is -1.56. The molecule has 6 heteroatoms. The van der Waals surface area contributed by atoms with Crippen molar-refractivity contribution in [1.29, 1.82) is 0 Å². The highest BCUT2D eigenvalue weighted by Gasteiger charge is 2.13. The van der Waals surface area contributed by atoms with Crippen LogP contribution in [-0.2, 0) is 4.79 Å². The molecule has 0 saturated heterocycles. The van der Waals surface area contributed by atoms with Crippen molar-refractivity contribution in [3.8, 4) is 0 Å². The summed E-state index contributed by atoms with van der Waals surface area (Å²) in [6, 6.07) is 0.0504. The molecular weight excluding hydrogens is 209 g/mol. The van der Waals surface area contributed by atoms with Gasteiger partial charge in [-0.15, -0.1) is 0 Å². The van der Waals surface area contributed by atoms with E-state index in [0.29, 0.717) is 12.1 Å². The molecule has 3 nitrogen and oxygen atoms in total. The van der Waals surface area contributed by atoms with Gasteiger partial charge in [0.1, 0.15) is 5.82 Å². The SMILES string of the molecule is C[C@H](N)C(=O)Nc1cc(F)c(F)cc1F. The number of hydrogen-bond donors (Lipinski definition) is 2. The van der Waals surface area contributed by atoms with Crippen LogP contribution in [-0.4, -0.2) is 11.9 Å². The highest BCUT2D eigenvalue weighted by molar-refractivity contribution is 5.94. The smallest absolute Gasteiger partial charge is 0.241 e. The fourth-order valence-electron chi connectivity index (χ4n) is 0.865. The summed E-state index contributed by atoms with van der Waals surface area (Å²) in [6.07, 6.45) is 0. The summed E-state index contributed by atoms with van der Waals surface area (Å²) in [5.41, 5.74) is 4.77. The van der Waals surface area contributed by atoms with Crippen molar-refractivity contribution in [1.82, 2.24) is 0 Å². The van der Waals surface area contributed by atoms with Crippen molar-refractivity contribution in [2.24, 2.45) is 5.73 Å². The van der Waals surface area contributed by atoms with Crippen LogP contribution in [0, 0.1) is 17.5 Å². The van der Waals surface area contributed by atoms with Gasteiger partial charge in [-0.05, 0) is 6.92 Å². The van der Waals surface area contributed by atoms with E-state index >= 15 is 0 Å². The number of amides is 1. The van der Waals surface area contributed by atoms with Crippen molar-refractivity contribution >= 4 is 11.6 Å². The third kappa shape index (κ3) is 2.69. The molecule has 1 rings (SSSR count). The lowest BCUT2D eigenvalue weighted by Gasteiger charge is -2.08. The molecule has 0 unspecified atom stereocenters. The summed E-state index contributed by atoms with van der Waals surface area (Å²) in [4.78, 5) is 11.0. The van der Waals surface area contributed by atoms with Crippen LogP contribution in [0.1, 0.15) is 6.92 Å². The maximum absolute atomic E-state index is 13.0. The second-order valence-corrected chi connectivity index (χ2v) is 3.02. The van der Waals surface area contributed by atoms with Gasteiger partial charge in [-0.1, -0.05) is 0 Å². The zero-order chi connectivity index (χ0) is 11.6. The number of hydrogen-bond acceptors (Lipinski definition) is 2. The summed E-state index contributed by atoms with van der Waals surface area (Å²) in [5, 5.41) is 2.03. The number of carbonyl (C=O) groups is 1. The molecule has 0 fully saturated rings. The van der Waals surface area contributed by atoms with E-state index in [-0.39, 0.29) is 0 Å². The Morgan fingerprint density at radius 2 is 1.80 bits per heavy atom. The lowest BCUT2D eigenvalue weighted by molar-refractivity contribution is -0.117. The molecule has 0 heterocycles. The minimum Gasteiger partial charge on any atom is -0.322 e. The molecular formula is C9H9F3N2O. The molecule has 0 aliphatic heterocycles. The van der Waals surface area contributed by atoms with Crippen molar-refractivity contribution < 1.29 is 18.0 Å². The second kappa shape index (κ2) is 4.31. The van der Waals surface area contributed by atoms with E-state index in [0.717, 1.165) is 0 Å². The zero-order valence-electron chi connectivity index (χ0n) is 7.85. The summed E-state index contributed by atoms with van der Waals surface area (Å²) in [7, 11) is 0. The number of anilines is 1. The van der Waals surface area contributed by atoms with Gasteiger partial charge in [0.15, 0.2) is 11.6 Å². The Labute approximate surface area is 84.1 Å². The van der Waals surface area contributed by atoms with Gasteiger partial charge in [-0.3, -0.25) is 4.79 Å². The highest BCUT2D eigenvalue weighted by Crippen LogP contribution is 2.18. The molecule has 0 bridgehead atoms. The van der Waals surface area contributed by atoms with E-state index in [1.807, 2.05) is 5.32 Å². The van der Waals surface area contributed by atoms with Gasteiger partial charge in [-0.25, -0.2) is 13.2 Å². The first-order valence-electron chi connectivity index (χ1n) is 4.13. The van der Waals surface area contributed by atoms with E-state index in [4.69, 9.17) is 5.73 Å².